The highest BCUT2D eigenvalue weighted by atomic mass is 19.1. The summed E-state index contributed by atoms with van der Waals surface area (Å²) in [6.45, 7) is 0. The summed E-state index contributed by atoms with van der Waals surface area (Å²) >= 11 is 0. The van der Waals surface area contributed by atoms with Gasteiger partial charge in [-0.15, -0.1) is 0 Å². The molecule has 2 aromatic carbocycles. The minimum absolute atomic E-state index is 0.165. The molecule has 23 heavy (non-hydrogen) atoms. The van der Waals surface area contributed by atoms with E-state index in [4.69, 9.17) is 0 Å². The Kier molecular flexibility index (Phi) is 3.89. The predicted molar refractivity (Wildman–Crippen MR) is 82.7 cm³/mol. The van der Waals surface area contributed by atoms with Crippen molar-refractivity contribution in [1.82, 2.24) is 10.2 Å². The van der Waals surface area contributed by atoms with Crippen molar-refractivity contribution >= 4 is 29.0 Å². The summed E-state index contributed by atoms with van der Waals surface area (Å²) in [5.74, 6) is -1.83. The van der Waals surface area contributed by atoms with E-state index in [0.29, 0.717) is 16.8 Å². The van der Waals surface area contributed by atoms with E-state index in [-0.39, 0.29) is 16.8 Å². The van der Waals surface area contributed by atoms with Crippen molar-refractivity contribution in [2.45, 2.75) is 0 Å². The molecule has 0 amide bonds. The Bertz CT molecular complexity index is 916. The third kappa shape index (κ3) is 2.83. The standard InChI is InChI=1S/C17H12F2N2O2/c1-23-17(22)12-6-8-14-15(16(12)19)13(20-21-14)7-5-10-3-2-4-11(18)9-10/h2-9H,1H3,(H,20,21). The molecule has 0 aliphatic heterocycles. The topological polar surface area (TPSA) is 55.0 Å². The molecule has 0 unspecified atom stereocenters. The fourth-order valence-corrected chi connectivity index (χ4v) is 2.27. The third-order valence-corrected chi connectivity index (χ3v) is 3.38. The molecule has 0 fully saturated rings. The van der Waals surface area contributed by atoms with E-state index >= 15 is 0 Å². The van der Waals surface area contributed by atoms with Gasteiger partial charge in [-0.25, -0.2) is 13.6 Å². The number of methoxy groups -OCH3 is 1. The van der Waals surface area contributed by atoms with E-state index in [1.165, 1.54) is 25.3 Å². The Morgan fingerprint density at radius 3 is 2.78 bits per heavy atom. The molecule has 1 N–H and O–H groups in total. The average molecular weight is 314 g/mol. The van der Waals surface area contributed by atoms with Gasteiger partial charge in [-0.2, -0.15) is 5.10 Å². The van der Waals surface area contributed by atoms with Crippen LogP contribution in [0, 0.1) is 11.6 Å². The number of nitrogens with zero attached hydrogens (tertiary/aromatic N) is 1. The van der Waals surface area contributed by atoms with Crippen LogP contribution in [0.1, 0.15) is 21.6 Å². The fourth-order valence-electron chi connectivity index (χ4n) is 2.27. The monoisotopic (exact) mass is 314 g/mol. The van der Waals surface area contributed by atoms with Gasteiger partial charge in [-0.3, -0.25) is 5.10 Å². The molecule has 1 aromatic heterocycles. The number of aromatic nitrogens is 2. The fraction of sp³-hybridized carbons (Fsp3) is 0.0588. The Labute approximate surface area is 130 Å². The van der Waals surface area contributed by atoms with E-state index in [1.54, 1.807) is 30.4 Å². The maximum Gasteiger partial charge on any atom is 0.340 e. The summed E-state index contributed by atoms with van der Waals surface area (Å²) in [5, 5.41) is 6.90. The number of rotatable bonds is 3. The first-order valence-corrected chi connectivity index (χ1v) is 6.78. The Hall–Kier alpha value is -3.02. The number of carbonyl (C=O) groups is 1. The van der Waals surface area contributed by atoms with Crippen molar-refractivity contribution in [3.63, 3.8) is 0 Å². The minimum atomic E-state index is -0.759. The van der Waals surface area contributed by atoms with Crippen molar-refractivity contribution < 1.29 is 18.3 Å². The largest absolute Gasteiger partial charge is 0.465 e. The molecule has 0 spiro atoms. The van der Waals surface area contributed by atoms with E-state index in [2.05, 4.69) is 14.9 Å². The third-order valence-electron chi connectivity index (χ3n) is 3.38. The lowest BCUT2D eigenvalue weighted by Gasteiger charge is -2.02. The molecule has 0 atom stereocenters. The zero-order valence-corrected chi connectivity index (χ0v) is 12.1. The lowest BCUT2D eigenvalue weighted by Crippen LogP contribution is -2.04. The summed E-state index contributed by atoms with van der Waals surface area (Å²) in [6.07, 6.45) is 3.17. The molecule has 0 bridgehead atoms. The molecule has 6 heteroatoms. The van der Waals surface area contributed by atoms with Crippen molar-refractivity contribution in [3.05, 3.63) is 64.9 Å². The summed E-state index contributed by atoms with van der Waals surface area (Å²) in [4.78, 5) is 11.6. The van der Waals surface area contributed by atoms with Crippen LogP contribution in [0.4, 0.5) is 8.78 Å². The number of hydrogen-bond donors (Lipinski definition) is 1. The number of hydrogen-bond acceptors (Lipinski definition) is 3. The van der Waals surface area contributed by atoms with E-state index in [1.807, 2.05) is 0 Å². The molecule has 0 saturated carbocycles. The molecule has 3 rings (SSSR count). The van der Waals surface area contributed by atoms with Crippen molar-refractivity contribution in [2.75, 3.05) is 7.11 Å². The number of nitrogens with one attached hydrogen (secondary N) is 1. The van der Waals surface area contributed by atoms with Crippen molar-refractivity contribution in [2.24, 2.45) is 0 Å². The first kappa shape index (κ1) is 14.9. The Morgan fingerprint density at radius 2 is 2.04 bits per heavy atom. The van der Waals surface area contributed by atoms with Gasteiger partial charge >= 0.3 is 5.97 Å². The molecule has 0 saturated heterocycles. The van der Waals surface area contributed by atoms with Gasteiger partial charge in [-0.1, -0.05) is 18.2 Å². The molecular formula is C17H12F2N2O2. The van der Waals surface area contributed by atoms with Crippen LogP contribution in [-0.4, -0.2) is 23.3 Å². The second-order valence-electron chi connectivity index (χ2n) is 4.84. The molecule has 0 radical (unpaired) electrons. The van der Waals surface area contributed by atoms with Gasteiger partial charge in [0.2, 0.25) is 0 Å². The zero-order valence-electron chi connectivity index (χ0n) is 12.1. The number of H-pyrrole nitrogens is 1. The summed E-state index contributed by atoms with van der Waals surface area (Å²) in [5.41, 5.74) is 1.22. The van der Waals surface area contributed by atoms with E-state index < -0.39 is 11.8 Å². The van der Waals surface area contributed by atoms with E-state index in [0.717, 1.165) is 0 Å². The van der Waals surface area contributed by atoms with Crippen LogP contribution >= 0.6 is 0 Å². The SMILES string of the molecule is COC(=O)c1ccc2[nH]nc(C=Cc3cccc(F)c3)c2c1F. The highest BCUT2D eigenvalue weighted by molar-refractivity contribution is 5.98. The first-order valence-electron chi connectivity index (χ1n) is 6.78. The summed E-state index contributed by atoms with van der Waals surface area (Å²) in [6, 6.07) is 8.86. The van der Waals surface area contributed by atoms with Crippen LogP contribution in [0.2, 0.25) is 0 Å². The number of halogens is 2. The van der Waals surface area contributed by atoms with Crippen LogP contribution in [0.15, 0.2) is 36.4 Å². The number of fused-ring (bicyclic) bond motifs is 1. The molecule has 0 aliphatic carbocycles. The lowest BCUT2D eigenvalue weighted by atomic mass is 10.1. The lowest BCUT2D eigenvalue weighted by molar-refractivity contribution is 0.0596. The second-order valence-corrected chi connectivity index (χ2v) is 4.84. The highest BCUT2D eigenvalue weighted by Gasteiger charge is 2.18. The van der Waals surface area contributed by atoms with Gasteiger partial charge in [0.15, 0.2) is 0 Å². The van der Waals surface area contributed by atoms with Gasteiger partial charge in [0, 0.05) is 0 Å². The maximum atomic E-state index is 14.5. The molecule has 4 nitrogen and oxygen atoms in total. The summed E-state index contributed by atoms with van der Waals surface area (Å²) in [7, 11) is 1.19. The average Bonchev–Trinajstić information content (AvgIpc) is 2.97. The predicted octanol–water partition coefficient (Wildman–Crippen LogP) is 3.80. The highest BCUT2D eigenvalue weighted by Crippen LogP contribution is 2.24. The first-order chi connectivity index (χ1) is 11.1. The van der Waals surface area contributed by atoms with Crippen molar-refractivity contribution in [3.8, 4) is 0 Å². The molecular weight excluding hydrogens is 302 g/mol. The normalized spacial score (nSPS) is 11.3. The number of aromatic amines is 1. The van der Waals surface area contributed by atoms with Gasteiger partial charge in [-0.05, 0) is 35.9 Å². The Morgan fingerprint density at radius 1 is 1.22 bits per heavy atom. The van der Waals surface area contributed by atoms with Gasteiger partial charge in [0.1, 0.15) is 11.6 Å². The molecule has 1 heterocycles. The van der Waals surface area contributed by atoms with Crippen LogP contribution in [-0.2, 0) is 4.74 Å². The quantitative estimate of drug-likeness (QED) is 0.748. The number of benzene rings is 2. The van der Waals surface area contributed by atoms with Gasteiger partial charge in [0.25, 0.3) is 0 Å². The van der Waals surface area contributed by atoms with Gasteiger partial charge in [0.05, 0.1) is 29.3 Å². The molecule has 3 aromatic rings. The maximum absolute atomic E-state index is 14.5. The van der Waals surface area contributed by atoms with Crippen LogP contribution in [0.25, 0.3) is 23.1 Å². The molecule has 116 valence electrons. The number of carbonyl (C=O) groups excluding carboxylic acids is 1. The van der Waals surface area contributed by atoms with Crippen LogP contribution in [0.3, 0.4) is 0 Å². The van der Waals surface area contributed by atoms with E-state index in [9.17, 15) is 13.6 Å². The Balaban J connectivity index is 2.06. The van der Waals surface area contributed by atoms with Crippen LogP contribution in [0.5, 0.6) is 0 Å². The zero-order chi connectivity index (χ0) is 16.4. The molecule has 0 aliphatic rings. The number of esters is 1. The minimum Gasteiger partial charge on any atom is -0.465 e. The van der Waals surface area contributed by atoms with Crippen molar-refractivity contribution in [1.29, 1.82) is 0 Å². The summed E-state index contributed by atoms with van der Waals surface area (Å²) < 4.78 is 32.3. The number of ether oxygens (including phenoxy) is 1. The second kappa shape index (κ2) is 6.00. The smallest absolute Gasteiger partial charge is 0.340 e. The van der Waals surface area contributed by atoms with Crippen LogP contribution < -0.4 is 0 Å². The van der Waals surface area contributed by atoms with Gasteiger partial charge < -0.3 is 4.74 Å².